The van der Waals surface area contributed by atoms with E-state index in [0.717, 1.165) is 5.56 Å². The minimum Gasteiger partial charge on any atom is -0.480 e. The van der Waals surface area contributed by atoms with Gasteiger partial charge in [0.2, 0.25) is 5.95 Å². The summed E-state index contributed by atoms with van der Waals surface area (Å²) >= 11 is 0. The maximum Gasteiger partial charge on any atom is 0.322 e. The zero-order chi connectivity index (χ0) is 17.1. The maximum absolute atomic E-state index is 11.0. The number of aliphatic carboxylic acids is 1. The number of carbonyl (C=O) groups is 1. The van der Waals surface area contributed by atoms with E-state index in [1.807, 2.05) is 30.3 Å². The Labute approximate surface area is 135 Å². The van der Waals surface area contributed by atoms with Crippen molar-refractivity contribution in [3.8, 4) is 11.3 Å². The van der Waals surface area contributed by atoms with E-state index in [2.05, 4.69) is 15.3 Å². The van der Waals surface area contributed by atoms with Crippen LogP contribution >= 0.6 is 0 Å². The molecule has 0 aliphatic heterocycles. The number of rotatable bonds is 5. The van der Waals surface area contributed by atoms with Crippen molar-refractivity contribution in [2.24, 2.45) is 0 Å². The van der Waals surface area contributed by atoms with E-state index in [0.29, 0.717) is 16.6 Å². The molecule has 0 unspecified atom stereocenters. The lowest BCUT2D eigenvalue weighted by atomic mass is 10.1. The minimum atomic E-state index is -1.04. The van der Waals surface area contributed by atoms with Gasteiger partial charge in [-0.05, 0) is 6.07 Å². The summed E-state index contributed by atoms with van der Waals surface area (Å²) in [6, 6.07) is 13.4. The molecule has 1 heterocycles. The quantitative estimate of drug-likeness (QED) is 0.547. The van der Waals surface area contributed by atoms with Crippen molar-refractivity contribution in [3.05, 3.63) is 58.6 Å². The first-order chi connectivity index (χ1) is 11.5. The summed E-state index contributed by atoms with van der Waals surface area (Å²) in [6.07, 6.45) is 0. The smallest absolute Gasteiger partial charge is 0.322 e. The van der Waals surface area contributed by atoms with Gasteiger partial charge in [-0.15, -0.1) is 0 Å². The number of hydrogen-bond acceptors (Lipinski definition) is 6. The average Bonchev–Trinajstić information content (AvgIpc) is 2.59. The predicted octanol–water partition coefficient (Wildman–Crippen LogP) is 2.70. The molecule has 3 aromatic rings. The number of nitrogens with one attached hydrogen (secondary N) is 1. The highest BCUT2D eigenvalue weighted by Gasteiger charge is 2.14. The van der Waals surface area contributed by atoms with Crippen LogP contribution in [0.4, 0.5) is 11.6 Å². The molecular formula is C16H12N4O4. The first-order valence-electron chi connectivity index (χ1n) is 7.02. The van der Waals surface area contributed by atoms with E-state index in [1.54, 1.807) is 0 Å². The predicted molar refractivity (Wildman–Crippen MR) is 87.8 cm³/mol. The molecule has 0 amide bonds. The maximum atomic E-state index is 11.0. The van der Waals surface area contributed by atoms with Crippen LogP contribution in [0.15, 0.2) is 48.5 Å². The Balaban J connectivity index is 2.20. The third-order valence-electron chi connectivity index (χ3n) is 3.34. The molecular weight excluding hydrogens is 312 g/mol. The van der Waals surface area contributed by atoms with Crippen molar-refractivity contribution < 1.29 is 14.8 Å². The average molecular weight is 324 g/mol. The summed E-state index contributed by atoms with van der Waals surface area (Å²) < 4.78 is 0. The van der Waals surface area contributed by atoms with E-state index in [4.69, 9.17) is 5.11 Å². The molecule has 0 saturated heterocycles. The normalized spacial score (nSPS) is 10.5. The fraction of sp³-hybridized carbons (Fsp3) is 0.0625. The van der Waals surface area contributed by atoms with Crippen LogP contribution in [0.5, 0.6) is 0 Å². The molecule has 0 aliphatic carbocycles. The van der Waals surface area contributed by atoms with Crippen molar-refractivity contribution >= 4 is 28.5 Å². The van der Waals surface area contributed by atoms with Gasteiger partial charge in [0.15, 0.2) is 0 Å². The van der Waals surface area contributed by atoms with E-state index >= 15 is 0 Å². The second-order valence-corrected chi connectivity index (χ2v) is 4.97. The number of fused-ring (bicyclic) bond motifs is 1. The lowest BCUT2D eigenvalue weighted by molar-refractivity contribution is -0.384. The Hall–Kier alpha value is -3.55. The highest BCUT2D eigenvalue weighted by Crippen LogP contribution is 2.29. The number of nitro benzene ring substituents is 1. The zero-order valence-corrected chi connectivity index (χ0v) is 12.3. The molecule has 0 spiro atoms. The van der Waals surface area contributed by atoms with Crippen molar-refractivity contribution in [3.63, 3.8) is 0 Å². The fourth-order valence-electron chi connectivity index (χ4n) is 2.28. The zero-order valence-electron chi connectivity index (χ0n) is 12.3. The Morgan fingerprint density at radius 2 is 1.92 bits per heavy atom. The number of anilines is 1. The number of benzene rings is 2. The molecule has 8 nitrogen and oxygen atoms in total. The van der Waals surface area contributed by atoms with Gasteiger partial charge < -0.3 is 10.4 Å². The SMILES string of the molecule is O=C(O)CNc1nc(-c2ccccc2)c2cc([N+](=O)[O-])ccc2n1. The van der Waals surface area contributed by atoms with Crippen LogP contribution < -0.4 is 5.32 Å². The van der Waals surface area contributed by atoms with Gasteiger partial charge in [0.05, 0.1) is 16.1 Å². The van der Waals surface area contributed by atoms with E-state index in [1.165, 1.54) is 18.2 Å². The van der Waals surface area contributed by atoms with Gasteiger partial charge in [-0.3, -0.25) is 14.9 Å². The number of hydrogen-bond donors (Lipinski definition) is 2. The molecule has 120 valence electrons. The molecule has 2 aromatic carbocycles. The fourth-order valence-corrected chi connectivity index (χ4v) is 2.28. The van der Waals surface area contributed by atoms with Crippen LogP contribution in [0, 0.1) is 10.1 Å². The third kappa shape index (κ3) is 3.12. The van der Waals surface area contributed by atoms with Crippen LogP contribution in [-0.2, 0) is 4.79 Å². The lowest BCUT2D eigenvalue weighted by Gasteiger charge is -2.09. The number of carboxylic acids is 1. The Morgan fingerprint density at radius 3 is 2.58 bits per heavy atom. The molecule has 0 radical (unpaired) electrons. The van der Waals surface area contributed by atoms with Crippen molar-refractivity contribution in [1.29, 1.82) is 0 Å². The second-order valence-electron chi connectivity index (χ2n) is 4.97. The first-order valence-corrected chi connectivity index (χ1v) is 7.02. The van der Waals surface area contributed by atoms with Gasteiger partial charge in [0.1, 0.15) is 6.54 Å². The molecule has 8 heteroatoms. The third-order valence-corrected chi connectivity index (χ3v) is 3.34. The largest absolute Gasteiger partial charge is 0.480 e. The summed E-state index contributed by atoms with van der Waals surface area (Å²) in [5.74, 6) is -0.888. The molecule has 0 atom stereocenters. The Kier molecular flexibility index (Phi) is 4.02. The summed E-state index contributed by atoms with van der Waals surface area (Å²) in [7, 11) is 0. The number of nitro groups is 1. The number of non-ortho nitro benzene ring substituents is 1. The minimum absolute atomic E-state index is 0.0606. The van der Waals surface area contributed by atoms with Crippen LogP contribution in [-0.4, -0.2) is 32.5 Å². The van der Waals surface area contributed by atoms with Crippen molar-refractivity contribution in [2.75, 3.05) is 11.9 Å². The standard InChI is InChI=1S/C16H12N4O4/c21-14(22)9-17-16-18-13-7-6-11(20(23)24)8-12(13)15(19-16)10-4-2-1-3-5-10/h1-8H,9H2,(H,21,22)(H,17,18,19). The monoisotopic (exact) mass is 324 g/mol. The molecule has 0 aliphatic rings. The van der Waals surface area contributed by atoms with Gasteiger partial charge in [-0.25, -0.2) is 9.97 Å². The lowest BCUT2D eigenvalue weighted by Crippen LogP contribution is -2.14. The van der Waals surface area contributed by atoms with Crippen LogP contribution in [0.25, 0.3) is 22.2 Å². The Morgan fingerprint density at radius 1 is 1.17 bits per heavy atom. The summed E-state index contributed by atoms with van der Waals surface area (Å²) in [4.78, 5) is 29.8. The van der Waals surface area contributed by atoms with Gasteiger partial charge in [-0.2, -0.15) is 0 Å². The van der Waals surface area contributed by atoms with Gasteiger partial charge in [0, 0.05) is 23.1 Å². The molecule has 1 aromatic heterocycles. The highest BCUT2D eigenvalue weighted by molar-refractivity contribution is 5.94. The summed E-state index contributed by atoms with van der Waals surface area (Å²) in [6.45, 7) is -0.327. The summed E-state index contributed by atoms with van der Waals surface area (Å²) in [5, 5.41) is 23.0. The summed E-state index contributed by atoms with van der Waals surface area (Å²) in [5.41, 5.74) is 1.68. The van der Waals surface area contributed by atoms with E-state index < -0.39 is 10.9 Å². The molecule has 24 heavy (non-hydrogen) atoms. The number of nitrogens with zero attached hydrogens (tertiary/aromatic N) is 3. The molecule has 0 fully saturated rings. The van der Waals surface area contributed by atoms with Gasteiger partial charge >= 0.3 is 5.97 Å². The van der Waals surface area contributed by atoms with E-state index in [-0.39, 0.29) is 18.2 Å². The molecule has 2 N–H and O–H groups in total. The molecule has 0 saturated carbocycles. The molecule has 0 bridgehead atoms. The van der Waals surface area contributed by atoms with Crippen LogP contribution in [0.3, 0.4) is 0 Å². The van der Waals surface area contributed by atoms with Crippen molar-refractivity contribution in [2.45, 2.75) is 0 Å². The van der Waals surface area contributed by atoms with Gasteiger partial charge in [-0.1, -0.05) is 30.3 Å². The molecule has 3 rings (SSSR count). The van der Waals surface area contributed by atoms with Crippen LogP contribution in [0.1, 0.15) is 0 Å². The number of aromatic nitrogens is 2. The van der Waals surface area contributed by atoms with E-state index in [9.17, 15) is 14.9 Å². The first kappa shape index (κ1) is 15.3. The Bertz CT molecular complexity index is 928. The second kappa shape index (κ2) is 6.29. The van der Waals surface area contributed by atoms with Crippen molar-refractivity contribution in [1.82, 2.24) is 9.97 Å². The van der Waals surface area contributed by atoms with Gasteiger partial charge in [0.25, 0.3) is 5.69 Å². The number of carboxylic acid groups (broad SMARTS) is 1. The van der Waals surface area contributed by atoms with Crippen LogP contribution in [0.2, 0.25) is 0 Å². The topological polar surface area (TPSA) is 118 Å². The highest BCUT2D eigenvalue weighted by atomic mass is 16.6.